The van der Waals surface area contributed by atoms with E-state index in [0.717, 1.165) is 16.7 Å². The van der Waals surface area contributed by atoms with Crippen LogP contribution in [0.25, 0.3) is 0 Å². The van der Waals surface area contributed by atoms with Gasteiger partial charge in [-0.25, -0.2) is 9.59 Å². The summed E-state index contributed by atoms with van der Waals surface area (Å²) in [6.07, 6.45) is -1.67. The van der Waals surface area contributed by atoms with Crippen molar-refractivity contribution < 1.29 is 45.9 Å². The largest absolute Gasteiger partial charge is 0.462 e. The standard InChI is InChI=1S/C47H52O10S/c1-35-24-26-42(27-25-35)58(50,51)56-31-29-43(55-34-52-32-38-16-8-4-9-17-38)36(2)45(54-33-39-18-10-5-11-19-39)37(3)44(57-47(49)41-22-14-7-15-23-41)28-30-53-46(48)40-20-12-6-13-21-40/h4-27,36-37,43-45H,28-34H2,1-3H3/t36-,37-,43+,44-,45-/m1/s1. The molecule has 0 N–H and O–H groups in total. The van der Waals surface area contributed by atoms with Gasteiger partial charge in [-0.3, -0.25) is 4.18 Å². The molecule has 0 radical (unpaired) electrons. The molecule has 0 aliphatic heterocycles. The van der Waals surface area contributed by atoms with E-state index in [4.69, 9.17) is 27.9 Å². The van der Waals surface area contributed by atoms with Crippen molar-refractivity contribution in [2.75, 3.05) is 20.0 Å². The van der Waals surface area contributed by atoms with Gasteiger partial charge >= 0.3 is 11.9 Å². The Kier molecular flexibility index (Phi) is 17.2. The number of benzene rings is 5. The molecule has 5 rings (SSSR count). The molecule has 0 amide bonds. The van der Waals surface area contributed by atoms with Crippen LogP contribution in [0.1, 0.15) is 64.1 Å². The fraction of sp³-hybridized carbons (Fsp3) is 0.319. The van der Waals surface area contributed by atoms with Gasteiger partial charge in [0.2, 0.25) is 0 Å². The van der Waals surface area contributed by atoms with Crippen LogP contribution in [0.2, 0.25) is 0 Å². The maximum Gasteiger partial charge on any atom is 0.338 e. The van der Waals surface area contributed by atoms with Crippen LogP contribution in [0, 0.1) is 18.8 Å². The lowest BCUT2D eigenvalue weighted by atomic mass is 9.84. The van der Waals surface area contributed by atoms with Crippen LogP contribution in [0.15, 0.2) is 150 Å². The smallest absolute Gasteiger partial charge is 0.338 e. The molecular weight excluding hydrogens is 757 g/mol. The molecule has 0 aromatic heterocycles. The zero-order chi connectivity index (χ0) is 41.2. The molecule has 5 aromatic rings. The molecule has 0 fully saturated rings. The molecule has 0 aliphatic carbocycles. The quantitative estimate of drug-likeness (QED) is 0.0274. The zero-order valence-electron chi connectivity index (χ0n) is 33.2. The molecule has 5 atom stereocenters. The highest BCUT2D eigenvalue weighted by molar-refractivity contribution is 7.86. The molecule has 0 saturated carbocycles. The van der Waals surface area contributed by atoms with Gasteiger partial charge in [-0.05, 0) is 60.9 Å². The summed E-state index contributed by atoms with van der Waals surface area (Å²) in [5, 5.41) is 0. The Bertz CT molecular complexity index is 2060. The first-order chi connectivity index (χ1) is 28.1. The van der Waals surface area contributed by atoms with E-state index < -0.39 is 52.2 Å². The fourth-order valence-electron chi connectivity index (χ4n) is 6.52. The second-order valence-corrected chi connectivity index (χ2v) is 15.7. The van der Waals surface area contributed by atoms with Crippen molar-refractivity contribution in [3.05, 3.63) is 173 Å². The lowest BCUT2D eigenvalue weighted by molar-refractivity contribution is -0.151. The average molecular weight is 809 g/mol. The summed E-state index contributed by atoms with van der Waals surface area (Å²) in [5.41, 5.74) is 3.61. The predicted octanol–water partition coefficient (Wildman–Crippen LogP) is 8.98. The van der Waals surface area contributed by atoms with Gasteiger partial charge < -0.3 is 23.7 Å². The molecule has 0 bridgehead atoms. The van der Waals surface area contributed by atoms with E-state index in [1.165, 1.54) is 12.1 Å². The monoisotopic (exact) mass is 808 g/mol. The third-order valence-electron chi connectivity index (χ3n) is 9.84. The fourth-order valence-corrected chi connectivity index (χ4v) is 7.44. The zero-order valence-corrected chi connectivity index (χ0v) is 34.0. The highest BCUT2D eigenvalue weighted by atomic mass is 32.2. The van der Waals surface area contributed by atoms with Gasteiger partial charge in [-0.1, -0.05) is 129 Å². The number of ether oxygens (including phenoxy) is 5. The van der Waals surface area contributed by atoms with Gasteiger partial charge in [0, 0.05) is 18.3 Å². The van der Waals surface area contributed by atoms with Crippen LogP contribution in [0.4, 0.5) is 0 Å². The van der Waals surface area contributed by atoms with E-state index in [-0.39, 0.29) is 44.4 Å². The van der Waals surface area contributed by atoms with Crippen molar-refractivity contribution in [2.24, 2.45) is 11.8 Å². The highest BCUT2D eigenvalue weighted by Gasteiger charge is 2.37. The van der Waals surface area contributed by atoms with Crippen molar-refractivity contribution in [1.82, 2.24) is 0 Å². The molecule has 10 nitrogen and oxygen atoms in total. The second-order valence-electron chi connectivity index (χ2n) is 14.1. The second kappa shape index (κ2) is 22.7. The van der Waals surface area contributed by atoms with Crippen LogP contribution >= 0.6 is 0 Å². The van der Waals surface area contributed by atoms with E-state index in [2.05, 4.69) is 0 Å². The average Bonchev–Trinajstić information content (AvgIpc) is 3.25. The first-order valence-electron chi connectivity index (χ1n) is 19.4. The molecule has 0 heterocycles. The summed E-state index contributed by atoms with van der Waals surface area (Å²) in [7, 11) is -4.05. The minimum Gasteiger partial charge on any atom is -0.462 e. The Hall–Kier alpha value is -5.17. The first kappa shape index (κ1) is 43.9. The van der Waals surface area contributed by atoms with Gasteiger partial charge in [0.15, 0.2) is 0 Å². The lowest BCUT2D eigenvalue weighted by Gasteiger charge is -2.37. The van der Waals surface area contributed by atoms with E-state index in [1.54, 1.807) is 60.7 Å². The van der Waals surface area contributed by atoms with Crippen molar-refractivity contribution in [3.63, 3.8) is 0 Å². The molecule has 0 spiro atoms. The Labute approximate surface area is 342 Å². The van der Waals surface area contributed by atoms with Crippen LogP contribution in [0.5, 0.6) is 0 Å². The van der Waals surface area contributed by atoms with E-state index >= 15 is 0 Å². The topological polar surface area (TPSA) is 124 Å². The predicted molar refractivity (Wildman–Crippen MR) is 220 cm³/mol. The minimum atomic E-state index is -4.05. The molecule has 0 aliphatic rings. The Morgan fingerprint density at radius 2 is 1.07 bits per heavy atom. The molecule has 0 saturated heterocycles. The number of rotatable bonds is 23. The van der Waals surface area contributed by atoms with Crippen molar-refractivity contribution in [2.45, 2.75) is 70.0 Å². The van der Waals surface area contributed by atoms with Gasteiger partial charge in [0.25, 0.3) is 10.1 Å². The molecule has 0 unspecified atom stereocenters. The maximum atomic E-state index is 13.6. The van der Waals surface area contributed by atoms with E-state index in [0.29, 0.717) is 17.7 Å². The Balaban J connectivity index is 1.39. The molecule has 58 heavy (non-hydrogen) atoms. The Morgan fingerprint density at radius 1 is 0.569 bits per heavy atom. The molecule has 306 valence electrons. The summed E-state index contributed by atoms with van der Waals surface area (Å²) in [6.45, 7) is 6.01. The number of hydrogen-bond donors (Lipinski definition) is 0. The Morgan fingerprint density at radius 3 is 1.66 bits per heavy atom. The highest BCUT2D eigenvalue weighted by Crippen LogP contribution is 2.31. The van der Waals surface area contributed by atoms with Crippen LogP contribution < -0.4 is 0 Å². The first-order valence-corrected chi connectivity index (χ1v) is 20.8. The summed E-state index contributed by atoms with van der Waals surface area (Å²) in [6, 6.07) is 43.2. The minimum absolute atomic E-state index is 0.0252. The SMILES string of the molecule is Cc1ccc(S(=O)(=O)OCC[C@H](OCOCc2ccccc2)[C@@H](C)[C@@H](OCc2ccccc2)[C@H](C)[C@@H](CCOC(=O)c2ccccc2)OC(=O)c2ccccc2)cc1. The van der Waals surface area contributed by atoms with Crippen LogP contribution in [0.3, 0.4) is 0 Å². The molecule has 5 aromatic carbocycles. The van der Waals surface area contributed by atoms with E-state index in [1.807, 2.05) is 93.6 Å². The van der Waals surface area contributed by atoms with Gasteiger partial charge in [0.05, 0.1) is 54.7 Å². The number of carbonyl (C=O) groups excluding carboxylic acids is 2. The third-order valence-corrected chi connectivity index (χ3v) is 11.2. The third kappa shape index (κ3) is 13.7. The van der Waals surface area contributed by atoms with Gasteiger partial charge in [-0.15, -0.1) is 0 Å². The van der Waals surface area contributed by atoms with Crippen LogP contribution in [-0.4, -0.2) is 58.7 Å². The van der Waals surface area contributed by atoms with Gasteiger partial charge in [0.1, 0.15) is 12.9 Å². The van der Waals surface area contributed by atoms with Gasteiger partial charge in [-0.2, -0.15) is 8.42 Å². The molecule has 11 heteroatoms. The van der Waals surface area contributed by atoms with Crippen molar-refractivity contribution in [1.29, 1.82) is 0 Å². The number of hydrogen-bond acceptors (Lipinski definition) is 10. The summed E-state index contributed by atoms with van der Waals surface area (Å²) >= 11 is 0. The summed E-state index contributed by atoms with van der Waals surface area (Å²) in [5.74, 6) is -1.92. The number of carbonyl (C=O) groups is 2. The number of esters is 2. The van der Waals surface area contributed by atoms with E-state index in [9.17, 15) is 18.0 Å². The summed E-state index contributed by atoms with van der Waals surface area (Å²) in [4.78, 5) is 26.5. The molecular formula is C47H52O10S. The number of aryl methyl sites for hydroxylation is 1. The van der Waals surface area contributed by atoms with Crippen molar-refractivity contribution in [3.8, 4) is 0 Å². The summed E-state index contributed by atoms with van der Waals surface area (Å²) < 4.78 is 62.7. The lowest BCUT2D eigenvalue weighted by Crippen LogP contribution is -2.44. The maximum absolute atomic E-state index is 13.6. The van der Waals surface area contributed by atoms with Crippen molar-refractivity contribution >= 4 is 22.1 Å². The van der Waals surface area contributed by atoms with Crippen LogP contribution in [-0.2, 0) is 51.2 Å². The normalized spacial score (nSPS) is 14.1.